The topological polar surface area (TPSA) is 62.2 Å². The predicted octanol–water partition coefficient (Wildman–Crippen LogP) is 2.82. The summed E-state index contributed by atoms with van der Waals surface area (Å²) in [6.45, 7) is 3.77. The Balaban J connectivity index is 2.34. The van der Waals surface area contributed by atoms with E-state index in [-0.39, 0.29) is 5.92 Å². The Morgan fingerprint density at radius 3 is 2.88 bits per heavy atom. The van der Waals surface area contributed by atoms with Crippen molar-refractivity contribution in [2.75, 3.05) is 5.32 Å². The van der Waals surface area contributed by atoms with Gasteiger partial charge in [0.15, 0.2) is 0 Å². The lowest BCUT2D eigenvalue weighted by molar-refractivity contribution is -0.138. The number of nitrogens with one attached hydrogen (secondary N) is 1. The van der Waals surface area contributed by atoms with E-state index in [1.807, 2.05) is 31.4 Å². The van der Waals surface area contributed by atoms with Gasteiger partial charge in [0.05, 0.1) is 15.9 Å². The number of aliphatic carboxylic acids is 1. The van der Waals surface area contributed by atoms with E-state index in [1.165, 1.54) is 0 Å². The van der Waals surface area contributed by atoms with E-state index in [9.17, 15) is 4.79 Å². The van der Waals surface area contributed by atoms with Crippen LogP contribution in [-0.2, 0) is 4.79 Å². The summed E-state index contributed by atoms with van der Waals surface area (Å²) in [5, 5.41) is 14.2. The maximum atomic E-state index is 11.1. The number of rotatable bonds is 4. The molecule has 0 unspecified atom stereocenters. The second-order valence-corrected chi connectivity index (χ2v) is 5.11. The number of hydrogen-bond donors (Lipinski definition) is 2. The van der Waals surface area contributed by atoms with Gasteiger partial charge in [0, 0.05) is 6.20 Å². The number of carbonyl (C=O) groups is 1. The molecule has 0 aliphatic heterocycles. The average molecular weight is 250 g/mol. The van der Waals surface area contributed by atoms with Crippen LogP contribution in [0.4, 0.5) is 5.69 Å². The minimum Gasteiger partial charge on any atom is -0.480 e. The second-order valence-electron chi connectivity index (χ2n) is 4.20. The van der Waals surface area contributed by atoms with Gasteiger partial charge in [-0.05, 0) is 23.4 Å². The molecule has 0 aromatic carbocycles. The van der Waals surface area contributed by atoms with E-state index < -0.39 is 12.0 Å². The Kier molecular flexibility index (Phi) is 3.28. The minimum atomic E-state index is -0.832. The number of anilines is 1. The molecule has 0 aliphatic carbocycles. The van der Waals surface area contributed by atoms with E-state index in [0.29, 0.717) is 0 Å². The van der Waals surface area contributed by atoms with Crippen LogP contribution < -0.4 is 5.32 Å². The molecule has 2 rings (SSSR count). The van der Waals surface area contributed by atoms with Gasteiger partial charge in [-0.2, -0.15) is 0 Å². The maximum Gasteiger partial charge on any atom is 0.326 e. The summed E-state index contributed by atoms with van der Waals surface area (Å²) in [7, 11) is 0. The van der Waals surface area contributed by atoms with Crippen LogP contribution in [0.2, 0.25) is 0 Å². The van der Waals surface area contributed by atoms with Crippen LogP contribution >= 0.6 is 11.3 Å². The molecule has 2 N–H and O–H groups in total. The lowest BCUT2D eigenvalue weighted by atomic mass is 10.0. The Labute approximate surface area is 103 Å². The lowest BCUT2D eigenvalue weighted by Gasteiger charge is -2.19. The summed E-state index contributed by atoms with van der Waals surface area (Å²) >= 11 is 1.56. The van der Waals surface area contributed by atoms with Crippen molar-refractivity contribution in [3.8, 4) is 0 Å². The lowest BCUT2D eigenvalue weighted by Crippen LogP contribution is -2.34. The van der Waals surface area contributed by atoms with E-state index in [0.717, 1.165) is 15.9 Å². The van der Waals surface area contributed by atoms with Gasteiger partial charge in [0.2, 0.25) is 0 Å². The standard InChI is InChI=1S/C12H14N2O2S/c1-7(2)10(12(15)16)14-9-3-5-13-8-4-6-17-11(8)9/h3-7,10H,1-2H3,(H,13,14)(H,15,16)/t10-/m1/s1. The van der Waals surface area contributed by atoms with Gasteiger partial charge in [0.25, 0.3) is 0 Å². The number of hydrogen-bond acceptors (Lipinski definition) is 4. The molecule has 0 aliphatic rings. The van der Waals surface area contributed by atoms with E-state index >= 15 is 0 Å². The molecule has 0 saturated carbocycles. The van der Waals surface area contributed by atoms with Crippen molar-refractivity contribution in [1.29, 1.82) is 0 Å². The highest BCUT2D eigenvalue weighted by atomic mass is 32.1. The summed E-state index contributed by atoms with van der Waals surface area (Å²) in [6, 6.07) is 3.16. The number of thiophene rings is 1. The maximum absolute atomic E-state index is 11.1. The van der Waals surface area contributed by atoms with Crippen molar-refractivity contribution in [3.05, 3.63) is 23.7 Å². The molecule has 0 saturated heterocycles. The first-order valence-electron chi connectivity index (χ1n) is 5.41. The fourth-order valence-electron chi connectivity index (χ4n) is 1.67. The van der Waals surface area contributed by atoms with E-state index in [2.05, 4.69) is 10.3 Å². The Bertz CT molecular complexity index is 536. The number of carboxylic acid groups (broad SMARTS) is 1. The monoisotopic (exact) mass is 250 g/mol. The van der Waals surface area contributed by atoms with Gasteiger partial charge in [-0.25, -0.2) is 4.79 Å². The molecule has 2 aromatic rings. The van der Waals surface area contributed by atoms with Gasteiger partial charge >= 0.3 is 5.97 Å². The molecule has 0 radical (unpaired) electrons. The first-order chi connectivity index (χ1) is 8.09. The summed E-state index contributed by atoms with van der Waals surface area (Å²) in [6.07, 6.45) is 1.69. The van der Waals surface area contributed by atoms with E-state index in [4.69, 9.17) is 5.11 Å². The zero-order valence-corrected chi connectivity index (χ0v) is 10.5. The van der Waals surface area contributed by atoms with Crippen LogP contribution in [0.1, 0.15) is 13.8 Å². The molecule has 0 spiro atoms. The smallest absolute Gasteiger partial charge is 0.326 e. The van der Waals surface area contributed by atoms with Crippen molar-refractivity contribution in [3.63, 3.8) is 0 Å². The summed E-state index contributed by atoms with van der Waals surface area (Å²) < 4.78 is 0.999. The third-order valence-corrected chi connectivity index (χ3v) is 3.52. The Hall–Kier alpha value is -1.62. The zero-order chi connectivity index (χ0) is 12.4. The van der Waals surface area contributed by atoms with Crippen molar-refractivity contribution in [1.82, 2.24) is 4.98 Å². The van der Waals surface area contributed by atoms with E-state index in [1.54, 1.807) is 17.5 Å². The highest BCUT2D eigenvalue weighted by molar-refractivity contribution is 7.17. The first-order valence-corrected chi connectivity index (χ1v) is 6.29. The molecule has 2 aromatic heterocycles. The van der Waals surface area contributed by atoms with Crippen molar-refractivity contribution in [2.24, 2.45) is 5.92 Å². The van der Waals surface area contributed by atoms with Crippen molar-refractivity contribution < 1.29 is 9.90 Å². The number of fused-ring (bicyclic) bond motifs is 1. The molecule has 90 valence electrons. The van der Waals surface area contributed by atoms with Crippen LogP contribution in [0.3, 0.4) is 0 Å². The van der Waals surface area contributed by atoms with Gasteiger partial charge < -0.3 is 10.4 Å². The minimum absolute atomic E-state index is 0.0238. The van der Waals surface area contributed by atoms with Crippen LogP contribution in [-0.4, -0.2) is 22.1 Å². The molecule has 0 bridgehead atoms. The van der Waals surface area contributed by atoms with Gasteiger partial charge in [-0.3, -0.25) is 4.98 Å². The molecule has 0 amide bonds. The van der Waals surface area contributed by atoms with Crippen molar-refractivity contribution in [2.45, 2.75) is 19.9 Å². The van der Waals surface area contributed by atoms with Gasteiger partial charge in [-0.15, -0.1) is 11.3 Å². The Morgan fingerprint density at radius 1 is 1.47 bits per heavy atom. The molecule has 17 heavy (non-hydrogen) atoms. The number of nitrogens with zero attached hydrogens (tertiary/aromatic N) is 1. The third kappa shape index (κ3) is 2.39. The highest BCUT2D eigenvalue weighted by Crippen LogP contribution is 2.28. The van der Waals surface area contributed by atoms with Crippen molar-refractivity contribution >= 4 is 33.2 Å². The predicted molar refractivity (Wildman–Crippen MR) is 69.5 cm³/mol. The van der Waals surface area contributed by atoms with Gasteiger partial charge in [-0.1, -0.05) is 13.8 Å². The quantitative estimate of drug-likeness (QED) is 0.876. The van der Waals surface area contributed by atoms with Crippen LogP contribution in [0.15, 0.2) is 23.7 Å². The van der Waals surface area contributed by atoms with Crippen LogP contribution in [0.5, 0.6) is 0 Å². The second kappa shape index (κ2) is 4.71. The number of carboxylic acids is 1. The zero-order valence-electron chi connectivity index (χ0n) is 9.68. The molecule has 5 heteroatoms. The molecule has 2 heterocycles. The largest absolute Gasteiger partial charge is 0.480 e. The normalized spacial score (nSPS) is 12.9. The number of aromatic nitrogens is 1. The summed E-state index contributed by atoms with van der Waals surface area (Å²) in [4.78, 5) is 15.4. The van der Waals surface area contributed by atoms with Gasteiger partial charge in [0.1, 0.15) is 6.04 Å². The Morgan fingerprint density at radius 2 is 2.24 bits per heavy atom. The third-order valence-electron chi connectivity index (χ3n) is 2.59. The van der Waals surface area contributed by atoms with Crippen LogP contribution in [0, 0.1) is 5.92 Å². The molecular formula is C12H14N2O2S. The molecule has 1 atom stereocenters. The molecule has 4 nitrogen and oxygen atoms in total. The highest BCUT2D eigenvalue weighted by Gasteiger charge is 2.21. The average Bonchev–Trinajstić information content (AvgIpc) is 2.73. The fraction of sp³-hybridized carbons (Fsp3) is 0.333. The first kappa shape index (κ1) is 11.9. The molecular weight excluding hydrogens is 236 g/mol. The molecule has 0 fully saturated rings. The summed E-state index contributed by atoms with van der Waals surface area (Å²) in [5.41, 5.74) is 1.74. The SMILES string of the molecule is CC(C)[C@@H](Nc1ccnc2ccsc12)C(=O)O. The summed E-state index contributed by atoms with van der Waals surface area (Å²) in [5.74, 6) is -0.808. The van der Waals surface area contributed by atoms with Crippen LogP contribution in [0.25, 0.3) is 10.2 Å². The number of pyridine rings is 1. The fourth-order valence-corrected chi connectivity index (χ4v) is 2.50.